The molecule has 240 valence electrons. The molecule has 0 unspecified atom stereocenters. The molecule has 6 N–H and O–H groups in total. The summed E-state index contributed by atoms with van der Waals surface area (Å²) in [5.74, 6) is 14.0. The topological polar surface area (TPSA) is 165 Å². The molecule has 1 aromatic heterocycles. The maximum absolute atomic E-state index is 12.3. The maximum Gasteiger partial charge on any atom is 0.330 e. The van der Waals surface area contributed by atoms with Gasteiger partial charge in [-0.1, -0.05) is 30.8 Å². The van der Waals surface area contributed by atoms with Crippen molar-refractivity contribution in [2.45, 2.75) is 107 Å². The molecule has 10 nitrogen and oxygen atoms in total. The molecule has 45 heavy (non-hydrogen) atoms. The monoisotopic (exact) mass is 618 g/mol. The van der Waals surface area contributed by atoms with Crippen molar-refractivity contribution in [3.63, 3.8) is 0 Å². The number of aliphatic hydroxyl groups excluding tert-OH is 3. The molecule has 9 atom stereocenters. The van der Waals surface area contributed by atoms with Crippen LogP contribution in [0.3, 0.4) is 0 Å². The lowest BCUT2D eigenvalue weighted by molar-refractivity contribution is -0.0648. The SMILES string of the molecule is C[C@]12CC[C@@H]3c4ccc(O)cc4CC[C@H]3[C@@H]1CC[C@@]2(O)C#CCCCCC#Cc1cn([C@@H]2O[C@H](CO)[C@@H](O)[C@H]2O)c(=O)[nH]c1=O. The third-order valence-electron chi connectivity index (χ3n) is 11.0. The second kappa shape index (κ2) is 12.4. The predicted molar refractivity (Wildman–Crippen MR) is 165 cm³/mol. The Bertz CT molecular complexity index is 1680. The molecule has 2 saturated carbocycles. The zero-order chi connectivity index (χ0) is 31.9. The number of aromatic nitrogens is 2. The molecule has 10 heteroatoms. The van der Waals surface area contributed by atoms with Crippen LogP contribution >= 0.6 is 0 Å². The molecule has 4 aliphatic rings. The van der Waals surface area contributed by atoms with Crippen LogP contribution in [0, 0.1) is 40.9 Å². The number of benzene rings is 1. The van der Waals surface area contributed by atoms with E-state index in [2.05, 4.69) is 41.7 Å². The second-order valence-electron chi connectivity index (χ2n) is 13.4. The number of aliphatic hydroxyl groups is 4. The Morgan fingerprint density at radius 1 is 1.07 bits per heavy atom. The quantitative estimate of drug-likeness (QED) is 0.219. The molecule has 2 heterocycles. The summed E-state index contributed by atoms with van der Waals surface area (Å²) in [7, 11) is 0. The van der Waals surface area contributed by atoms with Gasteiger partial charge in [-0.15, -0.1) is 5.92 Å². The highest BCUT2D eigenvalue weighted by Gasteiger charge is 2.61. The van der Waals surface area contributed by atoms with Crippen LogP contribution in [0.2, 0.25) is 0 Å². The fourth-order valence-electron chi connectivity index (χ4n) is 8.46. The number of nitrogens with zero attached hydrogens (tertiary/aromatic N) is 1. The van der Waals surface area contributed by atoms with Crippen molar-refractivity contribution >= 4 is 0 Å². The Morgan fingerprint density at radius 3 is 2.60 bits per heavy atom. The minimum absolute atomic E-state index is 0.0210. The Balaban J connectivity index is 1.03. The van der Waals surface area contributed by atoms with E-state index >= 15 is 0 Å². The van der Waals surface area contributed by atoms with Gasteiger partial charge in [0.05, 0.1) is 6.61 Å². The molecule has 1 saturated heterocycles. The molecule has 0 bridgehead atoms. The smallest absolute Gasteiger partial charge is 0.330 e. The van der Waals surface area contributed by atoms with Crippen LogP contribution in [-0.2, 0) is 11.2 Å². The van der Waals surface area contributed by atoms with Crippen LogP contribution < -0.4 is 11.2 Å². The number of rotatable bonds is 5. The number of hydrogen-bond acceptors (Lipinski definition) is 8. The number of unbranched alkanes of at least 4 members (excludes halogenated alkanes) is 3. The molecule has 0 spiro atoms. The van der Waals surface area contributed by atoms with Crippen molar-refractivity contribution in [2.75, 3.05) is 6.61 Å². The van der Waals surface area contributed by atoms with Crippen molar-refractivity contribution in [3.8, 4) is 29.4 Å². The van der Waals surface area contributed by atoms with Gasteiger partial charge in [-0.05, 0) is 92.4 Å². The van der Waals surface area contributed by atoms with Crippen LogP contribution in [0.5, 0.6) is 5.75 Å². The van der Waals surface area contributed by atoms with Crippen LogP contribution in [0.15, 0.2) is 34.0 Å². The maximum atomic E-state index is 12.3. The minimum Gasteiger partial charge on any atom is -0.508 e. The largest absolute Gasteiger partial charge is 0.508 e. The van der Waals surface area contributed by atoms with Gasteiger partial charge in [-0.3, -0.25) is 14.3 Å². The first-order chi connectivity index (χ1) is 21.6. The van der Waals surface area contributed by atoms with Gasteiger partial charge in [-0.2, -0.15) is 0 Å². The number of phenols is 1. The first kappa shape index (κ1) is 31.6. The van der Waals surface area contributed by atoms with Gasteiger partial charge in [0.15, 0.2) is 6.23 Å². The van der Waals surface area contributed by atoms with E-state index in [1.54, 1.807) is 6.07 Å². The van der Waals surface area contributed by atoms with Gasteiger partial charge in [0.25, 0.3) is 5.56 Å². The summed E-state index contributed by atoms with van der Waals surface area (Å²) in [6, 6.07) is 5.82. The predicted octanol–water partition coefficient (Wildman–Crippen LogP) is 2.06. The molecule has 0 amide bonds. The lowest BCUT2D eigenvalue weighted by Crippen LogP contribution is -2.50. The summed E-state index contributed by atoms with van der Waals surface area (Å²) >= 11 is 0. The summed E-state index contributed by atoms with van der Waals surface area (Å²) in [6.07, 6.45) is 4.37. The second-order valence-corrected chi connectivity index (χ2v) is 13.4. The number of hydrogen-bond donors (Lipinski definition) is 6. The van der Waals surface area contributed by atoms with E-state index in [0.717, 1.165) is 49.5 Å². The molecule has 6 rings (SSSR count). The van der Waals surface area contributed by atoms with Crippen molar-refractivity contribution in [2.24, 2.45) is 17.3 Å². The van der Waals surface area contributed by atoms with E-state index < -0.39 is 48.0 Å². The third kappa shape index (κ3) is 5.64. The van der Waals surface area contributed by atoms with Gasteiger partial charge in [0.1, 0.15) is 35.2 Å². The Labute approximate surface area is 262 Å². The van der Waals surface area contributed by atoms with E-state index in [4.69, 9.17) is 4.74 Å². The standard InChI is InChI=1S/C35H42N2O8/c1-34-16-13-25-24-12-10-23(39)18-21(24)9-11-26(25)27(34)14-17-35(34,44)15-7-5-3-2-4-6-8-22-19-37(33(43)36-31(22)42)32-30(41)29(40)28(20-38)45-32/h10,12,18-19,25-30,32,38-41,44H,2-5,9,11,13-14,16-17,20H2,1H3,(H,36,42,43)/t25-,26-,27+,28-,29-,30-,32-,34+,35+/m1/s1. The minimum atomic E-state index is -1.46. The van der Waals surface area contributed by atoms with Crippen molar-refractivity contribution in [1.29, 1.82) is 0 Å². The van der Waals surface area contributed by atoms with Crippen LogP contribution in [0.25, 0.3) is 0 Å². The summed E-state index contributed by atoms with van der Waals surface area (Å²) in [6.45, 7) is 1.70. The van der Waals surface area contributed by atoms with Gasteiger partial charge in [0, 0.05) is 24.5 Å². The number of H-pyrrole nitrogens is 1. The summed E-state index contributed by atoms with van der Waals surface area (Å²) in [5.41, 5.74) is -0.0469. The normalized spacial score (nSPS) is 34.9. The lowest BCUT2D eigenvalue weighted by Gasteiger charge is -2.52. The van der Waals surface area contributed by atoms with E-state index in [0.29, 0.717) is 42.8 Å². The van der Waals surface area contributed by atoms with Gasteiger partial charge in [0.2, 0.25) is 0 Å². The number of fused-ring (bicyclic) bond motifs is 5. The van der Waals surface area contributed by atoms with E-state index in [9.17, 15) is 35.1 Å². The van der Waals surface area contributed by atoms with E-state index in [1.165, 1.54) is 17.3 Å². The molecule has 1 aliphatic heterocycles. The molecule has 0 radical (unpaired) electrons. The summed E-state index contributed by atoms with van der Waals surface area (Å²) in [4.78, 5) is 26.8. The highest BCUT2D eigenvalue weighted by molar-refractivity contribution is 5.41. The van der Waals surface area contributed by atoms with Crippen molar-refractivity contribution in [3.05, 3.63) is 61.9 Å². The third-order valence-corrected chi connectivity index (χ3v) is 11.0. The number of aryl methyl sites for hydroxylation is 1. The highest BCUT2D eigenvalue weighted by Crippen LogP contribution is 2.64. The number of phenolic OH excluding ortho intramolecular Hbond substituents is 1. The average molecular weight is 619 g/mol. The molecular weight excluding hydrogens is 576 g/mol. The summed E-state index contributed by atoms with van der Waals surface area (Å²) < 4.78 is 6.37. The number of aromatic hydroxyl groups is 1. The molecular formula is C35H42N2O8. The zero-order valence-corrected chi connectivity index (χ0v) is 25.5. The average Bonchev–Trinajstić information content (AvgIpc) is 3.46. The lowest BCUT2D eigenvalue weighted by atomic mass is 9.53. The highest BCUT2D eigenvalue weighted by atomic mass is 16.6. The zero-order valence-electron chi connectivity index (χ0n) is 25.5. The van der Waals surface area contributed by atoms with Crippen LogP contribution in [0.1, 0.15) is 93.5 Å². The van der Waals surface area contributed by atoms with E-state index in [-0.39, 0.29) is 11.0 Å². The number of ether oxygens (including phenoxy) is 1. The first-order valence-corrected chi connectivity index (χ1v) is 16.1. The summed E-state index contributed by atoms with van der Waals surface area (Å²) in [5, 5.41) is 51.3. The molecule has 1 aromatic carbocycles. The van der Waals surface area contributed by atoms with Crippen molar-refractivity contribution in [1.82, 2.24) is 9.55 Å². The van der Waals surface area contributed by atoms with Crippen molar-refractivity contribution < 1.29 is 30.3 Å². The Hall–Kier alpha value is -3.38. The van der Waals surface area contributed by atoms with Crippen LogP contribution in [-0.4, -0.2) is 65.6 Å². The number of aromatic amines is 1. The van der Waals surface area contributed by atoms with Gasteiger partial charge >= 0.3 is 5.69 Å². The van der Waals surface area contributed by atoms with Gasteiger partial charge in [-0.25, -0.2) is 4.79 Å². The fraction of sp³-hybridized carbons (Fsp3) is 0.600. The molecule has 3 aliphatic carbocycles. The fourth-order valence-corrected chi connectivity index (χ4v) is 8.46. The molecule has 3 fully saturated rings. The first-order valence-electron chi connectivity index (χ1n) is 16.1. The van der Waals surface area contributed by atoms with Crippen LogP contribution in [0.4, 0.5) is 0 Å². The Kier molecular flexibility index (Phi) is 8.73. The number of nitrogens with one attached hydrogen (secondary N) is 1. The van der Waals surface area contributed by atoms with Gasteiger partial charge < -0.3 is 30.3 Å². The molecule has 2 aromatic rings. The Morgan fingerprint density at radius 2 is 1.84 bits per heavy atom. The van der Waals surface area contributed by atoms with E-state index in [1.807, 2.05) is 6.07 Å².